The summed E-state index contributed by atoms with van der Waals surface area (Å²) in [5.74, 6) is 0.573. The van der Waals surface area contributed by atoms with Gasteiger partial charge in [-0.15, -0.1) is 0 Å². The summed E-state index contributed by atoms with van der Waals surface area (Å²) in [4.78, 5) is 12.6. The lowest BCUT2D eigenvalue weighted by molar-refractivity contribution is -0.188. The summed E-state index contributed by atoms with van der Waals surface area (Å²) in [7, 11) is 0. The van der Waals surface area contributed by atoms with Crippen molar-refractivity contribution in [1.29, 1.82) is 5.26 Å². The first-order valence-electron chi connectivity index (χ1n) is 9.66. The van der Waals surface area contributed by atoms with Crippen LogP contribution in [0, 0.1) is 11.3 Å². The van der Waals surface area contributed by atoms with E-state index in [0.717, 1.165) is 5.56 Å². The molecule has 2 aliphatic heterocycles. The Kier molecular flexibility index (Phi) is 5.73. The fourth-order valence-electron chi connectivity index (χ4n) is 3.47. The zero-order valence-electron chi connectivity index (χ0n) is 16.3. The first kappa shape index (κ1) is 21.0. The van der Waals surface area contributed by atoms with E-state index in [1.807, 2.05) is 0 Å². The van der Waals surface area contributed by atoms with Gasteiger partial charge < -0.3 is 19.5 Å². The predicted molar refractivity (Wildman–Crippen MR) is 99.7 cm³/mol. The van der Waals surface area contributed by atoms with Gasteiger partial charge in [0.2, 0.25) is 5.88 Å². The number of nitrogens with zero attached hydrogens (tertiary/aromatic N) is 3. The standard InChI is InChI=1S/C20H19F3N4O4/c21-20(22,23)11-31-15-3-4-27-18(30-10-15)7-16(26-27)19(28)25-14-6-13-5-12(8-24)1-2-17(13)29-9-14/h1-2,5,7,14-15H,3-4,6,9-11H2,(H,25,28)/t14-,15?/m1/s1. The Balaban J connectivity index is 1.35. The van der Waals surface area contributed by atoms with E-state index in [4.69, 9.17) is 19.5 Å². The Morgan fingerprint density at radius 2 is 2.16 bits per heavy atom. The Morgan fingerprint density at radius 3 is 2.94 bits per heavy atom. The molecule has 0 radical (unpaired) electrons. The quantitative estimate of drug-likeness (QED) is 0.789. The number of nitriles is 1. The van der Waals surface area contributed by atoms with Gasteiger partial charge in [0.25, 0.3) is 5.91 Å². The molecule has 11 heteroatoms. The minimum Gasteiger partial charge on any atom is -0.491 e. The number of benzene rings is 1. The van der Waals surface area contributed by atoms with Crippen molar-refractivity contribution in [3.05, 3.63) is 41.1 Å². The van der Waals surface area contributed by atoms with Crippen molar-refractivity contribution >= 4 is 5.91 Å². The maximum Gasteiger partial charge on any atom is 0.411 e. The summed E-state index contributed by atoms with van der Waals surface area (Å²) >= 11 is 0. The van der Waals surface area contributed by atoms with Crippen molar-refractivity contribution in [2.45, 2.75) is 37.7 Å². The Bertz CT molecular complexity index is 989. The molecule has 3 heterocycles. The molecule has 2 atom stereocenters. The van der Waals surface area contributed by atoms with Crippen molar-refractivity contribution in [3.8, 4) is 17.7 Å². The minimum absolute atomic E-state index is 0.0582. The molecule has 0 saturated heterocycles. The average molecular weight is 436 g/mol. The van der Waals surface area contributed by atoms with Gasteiger partial charge in [0.05, 0.1) is 23.8 Å². The van der Waals surface area contributed by atoms with Crippen molar-refractivity contribution in [2.75, 3.05) is 19.8 Å². The molecule has 0 fully saturated rings. The number of alkyl halides is 3. The van der Waals surface area contributed by atoms with E-state index in [2.05, 4.69) is 16.5 Å². The van der Waals surface area contributed by atoms with Crippen molar-refractivity contribution in [2.24, 2.45) is 0 Å². The number of amides is 1. The number of hydrogen-bond donors (Lipinski definition) is 1. The van der Waals surface area contributed by atoms with Gasteiger partial charge in [-0.05, 0) is 36.6 Å². The van der Waals surface area contributed by atoms with Crippen LogP contribution >= 0.6 is 0 Å². The molecule has 2 aliphatic rings. The Hall–Kier alpha value is -3.26. The van der Waals surface area contributed by atoms with E-state index in [-0.39, 0.29) is 37.9 Å². The minimum atomic E-state index is -4.40. The molecule has 0 aliphatic carbocycles. The SMILES string of the molecule is N#Cc1ccc2c(c1)C[C@@H](NC(=O)c1cc3n(n1)CCC(OCC(F)(F)F)CO3)CO2. The maximum atomic E-state index is 12.6. The van der Waals surface area contributed by atoms with Crippen LogP contribution in [0.5, 0.6) is 11.6 Å². The number of fused-ring (bicyclic) bond motifs is 2. The number of ether oxygens (including phenoxy) is 3. The molecule has 1 N–H and O–H groups in total. The highest BCUT2D eigenvalue weighted by molar-refractivity contribution is 5.92. The highest BCUT2D eigenvalue weighted by Crippen LogP contribution is 2.26. The lowest BCUT2D eigenvalue weighted by Gasteiger charge is -2.26. The van der Waals surface area contributed by atoms with E-state index in [0.29, 0.717) is 23.6 Å². The van der Waals surface area contributed by atoms with Crippen LogP contribution in [-0.2, 0) is 17.7 Å². The van der Waals surface area contributed by atoms with E-state index >= 15 is 0 Å². The number of rotatable bonds is 4. The highest BCUT2D eigenvalue weighted by atomic mass is 19.4. The Labute approximate surface area is 175 Å². The fourth-order valence-corrected chi connectivity index (χ4v) is 3.47. The van der Waals surface area contributed by atoms with Gasteiger partial charge in [0.15, 0.2) is 5.69 Å². The van der Waals surface area contributed by atoms with E-state index in [1.165, 1.54) is 10.7 Å². The van der Waals surface area contributed by atoms with Crippen LogP contribution < -0.4 is 14.8 Å². The number of carbonyl (C=O) groups is 1. The first-order valence-corrected chi connectivity index (χ1v) is 9.66. The number of aromatic nitrogens is 2. The molecule has 0 spiro atoms. The molecule has 4 rings (SSSR count). The molecule has 1 unspecified atom stereocenters. The Morgan fingerprint density at radius 1 is 1.32 bits per heavy atom. The molecule has 1 aromatic heterocycles. The molecule has 0 saturated carbocycles. The number of carbonyl (C=O) groups excluding carboxylic acids is 1. The normalized spacial score (nSPS) is 20.3. The van der Waals surface area contributed by atoms with Gasteiger partial charge in [-0.25, -0.2) is 4.68 Å². The lowest BCUT2D eigenvalue weighted by atomic mass is 10.0. The summed E-state index contributed by atoms with van der Waals surface area (Å²) in [5, 5.41) is 16.1. The van der Waals surface area contributed by atoms with Crippen LogP contribution in [0.25, 0.3) is 0 Å². The highest BCUT2D eigenvalue weighted by Gasteiger charge is 2.31. The maximum absolute atomic E-state index is 12.6. The van der Waals surface area contributed by atoms with Gasteiger partial charge in [0.1, 0.15) is 25.6 Å². The van der Waals surface area contributed by atoms with Gasteiger partial charge >= 0.3 is 6.18 Å². The molecular weight excluding hydrogens is 417 g/mol. The molecule has 8 nitrogen and oxygen atoms in total. The molecule has 31 heavy (non-hydrogen) atoms. The van der Waals surface area contributed by atoms with Crippen LogP contribution in [0.2, 0.25) is 0 Å². The van der Waals surface area contributed by atoms with Crippen molar-refractivity contribution < 1.29 is 32.2 Å². The van der Waals surface area contributed by atoms with Crippen LogP contribution in [0.1, 0.15) is 28.0 Å². The zero-order valence-corrected chi connectivity index (χ0v) is 16.3. The van der Waals surface area contributed by atoms with Crippen LogP contribution in [0.4, 0.5) is 13.2 Å². The number of aryl methyl sites for hydroxylation is 1. The second-order valence-corrected chi connectivity index (χ2v) is 7.36. The number of hydrogen-bond acceptors (Lipinski definition) is 6. The van der Waals surface area contributed by atoms with Crippen LogP contribution in [0.15, 0.2) is 24.3 Å². The molecule has 2 aromatic rings. The second-order valence-electron chi connectivity index (χ2n) is 7.36. The molecule has 1 aromatic carbocycles. The van der Waals surface area contributed by atoms with Crippen LogP contribution in [0.3, 0.4) is 0 Å². The summed E-state index contributed by atoms with van der Waals surface area (Å²) in [5.41, 5.74) is 1.49. The molecule has 0 bridgehead atoms. The van der Waals surface area contributed by atoms with E-state index in [9.17, 15) is 18.0 Å². The monoisotopic (exact) mass is 436 g/mol. The first-order chi connectivity index (χ1) is 14.8. The van der Waals surface area contributed by atoms with Gasteiger partial charge in [-0.3, -0.25) is 4.79 Å². The third-order valence-corrected chi connectivity index (χ3v) is 4.97. The van der Waals surface area contributed by atoms with Gasteiger partial charge in [0, 0.05) is 12.6 Å². The predicted octanol–water partition coefficient (Wildman–Crippen LogP) is 2.22. The van der Waals surface area contributed by atoms with Crippen molar-refractivity contribution in [1.82, 2.24) is 15.1 Å². The summed E-state index contributed by atoms with van der Waals surface area (Å²) in [6.45, 7) is -0.842. The third-order valence-electron chi connectivity index (χ3n) is 4.97. The second kappa shape index (κ2) is 8.47. The molecular formula is C20H19F3N4O4. The topological polar surface area (TPSA) is 98.4 Å². The summed E-state index contributed by atoms with van der Waals surface area (Å²) < 4.78 is 54.4. The lowest BCUT2D eigenvalue weighted by Crippen LogP contribution is -2.42. The molecule has 164 valence electrons. The number of halogens is 3. The van der Waals surface area contributed by atoms with E-state index in [1.54, 1.807) is 18.2 Å². The zero-order chi connectivity index (χ0) is 22.0. The van der Waals surface area contributed by atoms with E-state index < -0.39 is 24.8 Å². The smallest absolute Gasteiger partial charge is 0.411 e. The number of nitrogens with one attached hydrogen (secondary N) is 1. The fraction of sp³-hybridized carbons (Fsp3) is 0.450. The summed E-state index contributed by atoms with van der Waals surface area (Å²) in [6.07, 6.45) is -4.32. The average Bonchev–Trinajstić information content (AvgIpc) is 3.05. The van der Waals surface area contributed by atoms with Gasteiger partial charge in [-0.2, -0.15) is 23.5 Å². The molecule has 1 amide bonds. The third kappa shape index (κ3) is 5.08. The van der Waals surface area contributed by atoms with Crippen molar-refractivity contribution in [3.63, 3.8) is 0 Å². The largest absolute Gasteiger partial charge is 0.491 e. The summed E-state index contributed by atoms with van der Waals surface area (Å²) in [6, 6.07) is 8.38. The van der Waals surface area contributed by atoms with Crippen LogP contribution in [-0.4, -0.2) is 53.8 Å². The van der Waals surface area contributed by atoms with Gasteiger partial charge in [-0.1, -0.05) is 0 Å².